The first-order valence-electron chi connectivity index (χ1n) is 9.07. The third-order valence-electron chi connectivity index (χ3n) is 5.17. The van der Waals surface area contributed by atoms with Gasteiger partial charge in [0.25, 0.3) is 5.91 Å². The molecule has 0 spiro atoms. The summed E-state index contributed by atoms with van der Waals surface area (Å²) in [6.45, 7) is 4.06. The number of benzene rings is 2. The number of carbonyl (C=O) groups excluding carboxylic acids is 1. The number of amides is 1. The van der Waals surface area contributed by atoms with Crippen LogP contribution in [0, 0.1) is 6.92 Å². The van der Waals surface area contributed by atoms with Gasteiger partial charge in [-0.05, 0) is 48.7 Å². The molecule has 2 heterocycles. The summed E-state index contributed by atoms with van der Waals surface area (Å²) in [4.78, 5) is 15.0. The lowest BCUT2D eigenvalue weighted by atomic mass is 10.1. The summed E-state index contributed by atoms with van der Waals surface area (Å²) in [6, 6.07) is 12.6. The number of nitrogens with zero attached hydrogens (tertiary/aromatic N) is 2. The van der Waals surface area contributed by atoms with Crippen molar-refractivity contribution < 1.29 is 17.9 Å². The van der Waals surface area contributed by atoms with Crippen LogP contribution in [0.15, 0.2) is 47.4 Å². The van der Waals surface area contributed by atoms with Crippen molar-refractivity contribution in [1.29, 1.82) is 0 Å². The van der Waals surface area contributed by atoms with Gasteiger partial charge < -0.3 is 9.64 Å². The summed E-state index contributed by atoms with van der Waals surface area (Å²) in [6.07, 6.45) is 0.652. The first-order chi connectivity index (χ1) is 13.0. The Morgan fingerprint density at radius 3 is 2.52 bits per heavy atom. The summed E-state index contributed by atoms with van der Waals surface area (Å²) in [5.74, 6) is -0.0457. The second-order valence-corrected chi connectivity index (χ2v) is 8.77. The average molecular weight is 386 g/mol. The van der Waals surface area contributed by atoms with Crippen molar-refractivity contribution in [2.75, 3.05) is 37.7 Å². The number of fused-ring (bicyclic) bond motifs is 1. The maximum absolute atomic E-state index is 12.9. The zero-order valence-corrected chi connectivity index (χ0v) is 16.0. The topological polar surface area (TPSA) is 66.9 Å². The molecular formula is C20H22N2O4S. The van der Waals surface area contributed by atoms with Crippen molar-refractivity contribution in [1.82, 2.24) is 4.31 Å². The number of hydrogen-bond donors (Lipinski definition) is 0. The molecule has 0 saturated carbocycles. The Morgan fingerprint density at radius 1 is 1.04 bits per heavy atom. The zero-order chi connectivity index (χ0) is 19.0. The summed E-state index contributed by atoms with van der Waals surface area (Å²) >= 11 is 0. The SMILES string of the molecule is Cc1ccccc1C(=O)N1CCc2cc(S(=O)(=O)N3CCOCC3)ccc21. The quantitative estimate of drug-likeness (QED) is 0.811. The molecule has 142 valence electrons. The van der Waals surface area contributed by atoms with E-state index in [2.05, 4.69) is 0 Å². The van der Waals surface area contributed by atoms with Gasteiger partial charge >= 0.3 is 0 Å². The van der Waals surface area contributed by atoms with Crippen LogP contribution in [0.5, 0.6) is 0 Å². The molecule has 0 aromatic heterocycles. The molecule has 2 aromatic rings. The first-order valence-corrected chi connectivity index (χ1v) is 10.5. The normalized spacial score (nSPS) is 17.7. The van der Waals surface area contributed by atoms with Gasteiger partial charge in [0.2, 0.25) is 10.0 Å². The minimum atomic E-state index is -3.53. The largest absolute Gasteiger partial charge is 0.379 e. The van der Waals surface area contributed by atoms with Gasteiger partial charge in [0, 0.05) is 30.9 Å². The average Bonchev–Trinajstić information content (AvgIpc) is 3.12. The molecule has 7 heteroatoms. The Kier molecular flexibility index (Phi) is 4.75. The summed E-state index contributed by atoms with van der Waals surface area (Å²) in [5, 5.41) is 0. The number of rotatable bonds is 3. The van der Waals surface area contributed by atoms with Crippen LogP contribution in [0.1, 0.15) is 21.5 Å². The van der Waals surface area contributed by atoms with E-state index < -0.39 is 10.0 Å². The van der Waals surface area contributed by atoms with Gasteiger partial charge in [0.15, 0.2) is 0 Å². The van der Waals surface area contributed by atoms with Crippen LogP contribution in [0.2, 0.25) is 0 Å². The molecule has 1 fully saturated rings. The summed E-state index contributed by atoms with van der Waals surface area (Å²) in [7, 11) is -3.53. The maximum Gasteiger partial charge on any atom is 0.258 e. The molecular weight excluding hydrogens is 364 g/mol. The molecule has 0 N–H and O–H groups in total. The fourth-order valence-corrected chi connectivity index (χ4v) is 5.10. The van der Waals surface area contributed by atoms with E-state index in [1.54, 1.807) is 23.1 Å². The lowest BCUT2D eigenvalue weighted by Gasteiger charge is -2.26. The van der Waals surface area contributed by atoms with E-state index in [-0.39, 0.29) is 10.8 Å². The van der Waals surface area contributed by atoms with Gasteiger partial charge in [0.05, 0.1) is 18.1 Å². The molecule has 4 rings (SSSR count). The molecule has 0 unspecified atom stereocenters. The van der Waals surface area contributed by atoms with Crippen molar-refractivity contribution >= 4 is 21.6 Å². The highest BCUT2D eigenvalue weighted by molar-refractivity contribution is 7.89. The van der Waals surface area contributed by atoms with Crippen molar-refractivity contribution in [3.05, 3.63) is 59.2 Å². The molecule has 1 amide bonds. The highest BCUT2D eigenvalue weighted by Crippen LogP contribution is 2.32. The van der Waals surface area contributed by atoms with Crippen LogP contribution in [0.4, 0.5) is 5.69 Å². The predicted octanol–water partition coefficient (Wildman–Crippen LogP) is 2.22. The monoisotopic (exact) mass is 386 g/mol. The summed E-state index contributed by atoms with van der Waals surface area (Å²) < 4.78 is 32.4. The molecule has 0 radical (unpaired) electrons. The second-order valence-electron chi connectivity index (χ2n) is 6.83. The lowest BCUT2D eigenvalue weighted by Crippen LogP contribution is -2.40. The molecule has 0 aliphatic carbocycles. The fraction of sp³-hybridized carbons (Fsp3) is 0.350. The minimum absolute atomic E-state index is 0.0457. The highest BCUT2D eigenvalue weighted by Gasteiger charge is 2.30. The Balaban J connectivity index is 1.63. The van der Waals surface area contributed by atoms with E-state index in [4.69, 9.17) is 4.74 Å². The van der Waals surface area contributed by atoms with Crippen molar-refractivity contribution in [3.63, 3.8) is 0 Å². The first kappa shape index (κ1) is 18.2. The van der Waals surface area contributed by atoms with Crippen molar-refractivity contribution in [2.45, 2.75) is 18.2 Å². The Bertz CT molecular complexity index is 981. The number of sulfonamides is 1. The molecule has 27 heavy (non-hydrogen) atoms. The van der Waals surface area contributed by atoms with Crippen LogP contribution >= 0.6 is 0 Å². The minimum Gasteiger partial charge on any atom is -0.379 e. The van der Waals surface area contributed by atoms with Crippen LogP contribution in [-0.2, 0) is 21.2 Å². The van der Waals surface area contributed by atoms with E-state index >= 15 is 0 Å². The smallest absolute Gasteiger partial charge is 0.258 e. The number of anilines is 1. The van der Waals surface area contributed by atoms with Crippen LogP contribution in [0.25, 0.3) is 0 Å². The summed E-state index contributed by atoms with van der Waals surface area (Å²) in [5.41, 5.74) is 3.30. The number of carbonyl (C=O) groups is 1. The lowest BCUT2D eigenvalue weighted by molar-refractivity contribution is 0.0730. The van der Waals surface area contributed by atoms with E-state index in [0.717, 1.165) is 16.8 Å². The number of hydrogen-bond acceptors (Lipinski definition) is 4. The van der Waals surface area contributed by atoms with Gasteiger partial charge in [0.1, 0.15) is 0 Å². The van der Waals surface area contributed by atoms with E-state index in [1.165, 1.54) is 4.31 Å². The highest BCUT2D eigenvalue weighted by atomic mass is 32.2. The Morgan fingerprint density at radius 2 is 1.78 bits per heavy atom. The van der Waals surface area contributed by atoms with Gasteiger partial charge in [-0.1, -0.05) is 18.2 Å². The van der Waals surface area contributed by atoms with Gasteiger partial charge in [-0.2, -0.15) is 4.31 Å². The van der Waals surface area contributed by atoms with E-state index in [1.807, 2.05) is 31.2 Å². The fourth-order valence-electron chi connectivity index (χ4n) is 3.64. The second kappa shape index (κ2) is 7.07. The molecule has 2 aromatic carbocycles. The molecule has 1 saturated heterocycles. The van der Waals surface area contributed by atoms with Crippen molar-refractivity contribution in [3.8, 4) is 0 Å². The van der Waals surface area contributed by atoms with Crippen LogP contribution in [-0.4, -0.2) is 51.5 Å². The molecule has 2 aliphatic rings. The van der Waals surface area contributed by atoms with Gasteiger partial charge in [-0.3, -0.25) is 4.79 Å². The molecule has 0 bridgehead atoms. The predicted molar refractivity (Wildman–Crippen MR) is 103 cm³/mol. The van der Waals surface area contributed by atoms with E-state index in [9.17, 15) is 13.2 Å². The maximum atomic E-state index is 12.9. The third kappa shape index (κ3) is 3.26. The Labute approximate surface area is 159 Å². The Hall–Kier alpha value is -2.22. The molecule has 6 nitrogen and oxygen atoms in total. The number of ether oxygens (including phenoxy) is 1. The van der Waals surface area contributed by atoms with Crippen LogP contribution < -0.4 is 4.90 Å². The van der Waals surface area contributed by atoms with Gasteiger partial charge in [-0.15, -0.1) is 0 Å². The number of aryl methyl sites for hydroxylation is 1. The van der Waals surface area contributed by atoms with Crippen LogP contribution in [0.3, 0.4) is 0 Å². The zero-order valence-electron chi connectivity index (χ0n) is 15.2. The van der Waals surface area contributed by atoms with E-state index in [0.29, 0.717) is 44.8 Å². The molecule has 2 aliphatic heterocycles. The van der Waals surface area contributed by atoms with Gasteiger partial charge in [-0.25, -0.2) is 8.42 Å². The molecule has 0 atom stereocenters. The van der Waals surface area contributed by atoms with Crippen molar-refractivity contribution in [2.24, 2.45) is 0 Å². The third-order valence-corrected chi connectivity index (χ3v) is 7.07. The standard InChI is InChI=1S/C20H22N2O4S/c1-15-4-2-3-5-18(15)20(23)22-9-8-16-14-17(6-7-19(16)22)27(24,25)21-10-12-26-13-11-21/h2-7,14H,8-13H2,1H3. The number of morpholine rings is 1.